The van der Waals surface area contributed by atoms with Gasteiger partial charge in [-0.15, -0.1) is 0 Å². The molecule has 3 heterocycles. The van der Waals surface area contributed by atoms with E-state index in [-0.39, 0.29) is 11.9 Å². The summed E-state index contributed by atoms with van der Waals surface area (Å²) < 4.78 is 13.5. The minimum atomic E-state index is -0.0587. The Morgan fingerprint density at radius 1 is 1.27 bits per heavy atom. The minimum Gasteiger partial charge on any atom is -0.459 e. The van der Waals surface area contributed by atoms with Crippen molar-refractivity contribution in [2.75, 3.05) is 13.2 Å². The second kappa shape index (κ2) is 7.66. The van der Waals surface area contributed by atoms with E-state index in [1.165, 1.54) is 25.7 Å². The van der Waals surface area contributed by atoms with Crippen molar-refractivity contribution in [2.24, 2.45) is 5.92 Å². The molecule has 26 heavy (non-hydrogen) atoms. The van der Waals surface area contributed by atoms with Gasteiger partial charge >= 0.3 is 0 Å². The van der Waals surface area contributed by atoms with Crippen LogP contribution in [0.15, 0.2) is 29.0 Å². The van der Waals surface area contributed by atoms with E-state index in [1.54, 1.807) is 12.5 Å². The molecule has 0 saturated heterocycles. The van der Waals surface area contributed by atoms with Crippen molar-refractivity contribution in [1.82, 2.24) is 14.7 Å². The lowest BCUT2D eigenvalue weighted by Gasteiger charge is -2.29. The van der Waals surface area contributed by atoms with Gasteiger partial charge in [0.15, 0.2) is 5.76 Å². The highest BCUT2D eigenvalue weighted by molar-refractivity contribution is 5.93. The molecule has 4 rings (SSSR count). The quantitative estimate of drug-likeness (QED) is 0.823. The number of furan rings is 1. The predicted molar refractivity (Wildman–Crippen MR) is 96.7 cm³/mol. The van der Waals surface area contributed by atoms with Gasteiger partial charge in [-0.2, -0.15) is 5.10 Å². The highest BCUT2D eigenvalue weighted by Gasteiger charge is 2.31. The molecule has 2 aromatic heterocycles. The van der Waals surface area contributed by atoms with Crippen molar-refractivity contribution < 1.29 is 13.9 Å². The summed E-state index contributed by atoms with van der Waals surface area (Å²) in [5, 5.41) is 4.38. The first-order valence-electron chi connectivity index (χ1n) is 9.66. The zero-order chi connectivity index (χ0) is 17.9. The fourth-order valence-electron chi connectivity index (χ4n) is 4.11. The van der Waals surface area contributed by atoms with Crippen LogP contribution in [0.1, 0.15) is 53.9 Å². The van der Waals surface area contributed by atoms with Gasteiger partial charge in [-0.05, 0) is 44.2 Å². The predicted octanol–water partition coefficient (Wildman–Crippen LogP) is 3.41. The van der Waals surface area contributed by atoms with Crippen LogP contribution in [0.3, 0.4) is 0 Å². The normalized spacial score (nSPS) is 21.0. The second-order valence-corrected chi connectivity index (χ2v) is 7.54. The summed E-state index contributed by atoms with van der Waals surface area (Å²) in [6.07, 6.45) is 9.40. The summed E-state index contributed by atoms with van der Waals surface area (Å²) in [6.45, 7) is 4.64. The van der Waals surface area contributed by atoms with E-state index in [9.17, 15) is 4.79 Å². The molecule has 140 valence electrons. The highest BCUT2D eigenvalue weighted by atomic mass is 16.5. The van der Waals surface area contributed by atoms with Crippen molar-refractivity contribution in [3.8, 4) is 0 Å². The summed E-state index contributed by atoms with van der Waals surface area (Å²) in [5.74, 6) is 1.06. The Labute approximate surface area is 154 Å². The van der Waals surface area contributed by atoms with Crippen LogP contribution in [0.5, 0.6) is 0 Å². The standard InChI is InChI=1S/C20H27N3O3/c1-15-8-11-26-19(15)20(24)22-12-17-6-9-21-23(17)10-7-18(22)14-25-13-16-4-2-3-5-16/h6,8-9,11,16,18H,2-5,7,10,12-14H2,1H3/t18-/m0/s1. The Hall–Kier alpha value is -2.08. The number of ether oxygens (including phenoxy) is 1. The number of rotatable bonds is 5. The minimum absolute atomic E-state index is 0.0371. The monoisotopic (exact) mass is 357 g/mol. The number of carbonyl (C=O) groups is 1. The molecule has 0 bridgehead atoms. The Morgan fingerprint density at radius 2 is 2.12 bits per heavy atom. The number of aryl methyl sites for hydroxylation is 2. The van der Waals surface area contributed by atoms with Gasteiger partial charge in [0.25, 0.3) is 5.91 Å². The van der Waals surface area contributed by atoms with Crippen LogP contribution >= 0.6 is 0 Å². The molecule has 1 amide bonds. The molecular formula is C20H27N3O3. The van der Waals surface area contributed by atoms with Gasteiger partial charge in [0.05, 0.1) is 31.2 Å². The Balaban J connectivity index is 1.49. The maximum Gasteiger partial charge on any atom is 0.290 e. The lowest BCUT2D eigenvalue weighted by molar-refractivity contribution is 0.0288. The van der Waals surface area contributed by atoms with Crippen molar-refractivity contribution in [1.29, 1.82) is 0 Å². The highest BCUT2D eigenvalue weighted by Crippen LogP contribution is 2.26. The van der Waals surface area contributed by atoms with E-state index in [0.717, 1.165) is 30.8 Å². The molecule has 6 heteroatoms. The molecule has 1 fully saturated rings. The van der Waals surface area contributed by atoms with E-state index >= 15 is 0 Å². The maximum atomic E-state index is 13.1. The van der Waals surface area contributed by atoms with Crippen LogP contribution in [0.4, 0.5) is 0 Å². The van der Waals surface area contributed by atoms with E-state index in [1.807, 2.05) is 28.6 Å². The van der Waals surface area contributed by atoms with Crippen molar-refractivity contribution in [3.05, 3.63) is 41.6 Å². The van der Waals surface area contributed by atoms with Gasteiger partial charge in [0.1, 0.15) is 0 Å². The number of fused-ring (bicyclic) bond motifs is 1. The molecule has 2 aliphatic rings. The number of carbonyl (C=O) groups excluding carboxylic acids is 1. The Kier molecular flexibility index (Phi) is 5.11. The zero-order valence-electron chi connectivity index (χ0n) is 15.4. The average molecular weight is 357 g/mol. The number of amides is 1. The van der Waals surface area contributed by atoms with Gasteiger partial charge in [-0.1, -0.05) is 12.8 Å². The molecule has 0 aromatic carbocycles. The average Bonchev–Trinajstić information content (AvgIpc) is 3.37. The summed E-state index contributed by atoms with van der Waals surface area (Å²) in [7, 11) is 0. The van der Waals surface area contributed by atoms with Gasteiger partial charge in [0.2, 0.25) is 0 Å². The molecule has 0 radical (unpaired) electrons. The van der Waals surface area contributed by atoms with Crippen molar-refractivity contribution in [2.45, 2.75) is 58.2 Å². The van der Waals surface area contributed by atoms with Crippen LogP contribution < -0.4 is 0 Å². The summed E-state index contributed by atoms with van der Waals surface area (Å²) in [6, 6.07) is 3.85. The molecular weight excluding hydrogens is 330 g/mol. The molecule has 0 N–H and O–H groups in total. The van der Waals surface area contributed by atoms with Crippen LogP contribution in [0, 0.1) is 12.8 Å². The topological polar surface area (TPSA) is 60.5 Å². The summed E-state index contributed by atoms with van der Waals surface area (Å²) >= 11 is 0. The number of hydrogen-bond acceptors (Lipinski definition) is 4. The third-order valence-corrected chi connectivity index (χ3v) is 5.71. The van der Waals surface area contributed by atoms with Crippen molar-refractivity contribution >= 4 is 5.91 Å². The van der Waals surface area contributed by atoms with Gasteiger partial charge < -0.3 is 14.1 Å². The van der Waals surface area contributed by atoms with Crippen LogP contribution in [-0.4, -0.2) is 39.8 Å². The van der Waals surface area contributed by atoms with Crippen LogP contribution in [0.25, 0.3) is 0 Å². The molecule has 6 nitrogen and oxygen atoms in total. The smallest absolute Gasteiger partial charge is 0.290 e. The zero-order valence-corrected chi connectivity index (χ0v) is 15.4. The fourth-order valence-corrected chi connectivity index (χ4v) is 4.11. The second-order valence-electron chi connectivity index (χ2n) is 7.54. The van der Waals surface area contributed by atoms with Crippen LogP contribution in [0.2, 0.25) is 0 Å². The molecule has 1 aliphatic heterocycles. The van der Waals surface area contributed by atoms with Crippen molar-refractivity contribution in [3.63, 3.8) is 0 Å². The number of nitrogens with zero attached hydrogens (tertiary/aromatic N) is 3. The Morgan fingerprint density at radius 3 is 2.88 bits per heavy atom. The molecule has 1 atom stereocenters. The molecule has 0 unspecified atom stereocenters. The Bertz CT molecular complexity index is 745. The van der Waals surface area contributed by atoms with E-state index < -0.39 is 0 Å². The summed E-state index contributed by atoms with van der Waals surface area (Å²) in [4.78, 5) is 15.0. The molecule has 1 saturated carbocycles. The van der Waals surface area contributed by atoms with E-state index in [4.69, 9.17) is 9.15 Å². The SMILES string of the molecule is Cc1ccoc1C(=O)N1Cc2ccnn2CC[C@H]1COCC1CCCC1. The largest absolute Gasteiger partial charge is 0.459 e. The maximum absolute atomic E-state index is 13.1. The summed E-state index contributed by atoms with van der Waals surface area (Å²) in [5.41, 5.74) is 1.93. The van der Waals surface area contributed by atoms with E-state index in [0.29, 0.717) is 24.8 Å². The first kappa shape index (κ1) is 17.3. The van der Waals surface area contributed by atoms with Gasteiger partial charge in [-0.25, -0.2) is 0 Å². The molecule has 2 aromatic rings. The van der Waals surface area contributed by atoms with Crippen LogP contribution in [-0.2, 0) is 17.8 Å². The van der Waals surface area contributed by atoms with Gasteiger partial charge in [-0.3, -0.25) is 9.48 Å². The molecule has 0 spiro atoms. The fraction of sp³-hybridized carbons (Fsp3) is 0.600. The van der Waals surface area contributed by atoms with Gasteiger partial charge in [0, 0.05) is 24.9 Å². The first-order valence-corrected chi connectivity index (χ1v) is 9.66. The first-order chi connectivity index (χ1) is 12.7. The lowest BCUT2D eigenvalue weighted by atomic mass is 10.1. The number of hydrogen-bond donors (Lipinski definition) is 0. The third kappa shape index (κ3) is 3.56. The van der Waals surface area contributed by atoms with E-state index in [2.05, 4.69) is 5.10 Å². The molecule has 1 aliphatic carbocycles. The lowest BCUT2D eigenvalue weighted by Crippen LogP contribution is -2.42. The number of aromatic nitrogens is 2. The third-order valence-electron chi connectivity index (χ3n) is 5.71.